The molecule has 3 rings (SSSR count). The first kappa shape index (κ1) is 23.5. The molecule has 0 unspecified atom stereocenters. The molecule has 1 aromatic carbocycles. The quantitative estimate of drug-likeness (QED) is 0.611. The SMILES string of the molecule is CC1CCN(CCCNC(=O)C2CCN(S(=O)(=O)Cc3ccccc3Cl)CC2)CC1. The second-order valence-corrected chi connectivity index (χ2v) is 11.1. The number of rotatable bonds is 8. The first-order valence-corrected chi connectivity index (χ1v) is 13.0. The molecule has 2 saturated heterocycles. The predicted octanol–water partition coefficient (Wildman–Crippen LogP) is 3.12. The summed E-state index contributed by atoms with van der Waals surface area (Å²) in [5.74, 6) is 0.692. The van der Waals surface area contributed by atoms with Gasteiger partial charge >= 0.3 is 0 Å². The molecule has 6 nitrogen and oxygen atoms in total. The third-order valence-electron chi connectivity index (χ3n) is 6.34. The second-order valence-electron chi connectivity index (χ2n) is 8.69. The lowest BCUT2D eigenvalue weighted by Crippen LogP contribution is -2.43. The maximum atomic E-state index is 12.7. The molecular weight excluding hydrogens is 422 g/mol. The van der Waals surface area contributed by atoms with Gasteiger partial charge in [0, 0.05) is 30.6 Å². The Bertz CT molecular complexity index is 802. The number of carbonyl (C=O) groups excluding carboxylic acids is 1. The van der Waals surface area contributed by atoms with Gasteiger partial charge in [-0.3, -0.25) is 4.79 Å². The maximum absolute atomic E-state index is 12.7. The standard InChI is InChI=1S/C22H34ClN3O3S/c1-18-7-13-25(14-8-18)12-4-11-24-22(27)19-9-15-26(16-10-19)30(28,29)17-20-5-2-3-6-21(20)23/h2-3,5-6,18-19H,4,7-17H2,1H3,(H,24,27). The molecule has 0 bridgehead atoms. The molecule has 2 aliphatic rings. The Labute approximate surface area is 186 Å². The van der Waals surface area contributed by atoms with Gasteiger partial charge in [-0.1, -0.05) is 36.7 Å². The zero-order valence-corrected chi connectivity index (χ0v) is 19.4. The normalized spacial score (nSPS) is 20.3. The number of benzene rings is 1. The summed E-state index contributed by atoms with van der Waals surface area (Å²) in [5.41, 5.74) is 0.613. The molecule has 0 atom stereocenters. The van der Waals surface area contributed by atoms with E-state index in [0.717, 1.165) is 32.0 Å². The number of hydrogen-bond donors (Lipinski definition) is 1. The lowest BCUT2D eigenvalue weighted by molar-refractivity contribution is -0.126. The Morgan fingerprint density at radius 2 is 1.77 bits per heavy atom. The summed E-state index contributed by atoms with van der Waals surface area (Å²) in [6.07, 6.45) is 4.63. The van der Waals surface area contributed by atoms with E-state index >= 15 is 0 Å². The largest absolute Gasteiger partial charge is 0.356 e. The molecule has 1 N–H and O–H groups in total. The van der Waals surface area contributed by atoms with Gasteiger partial charge in [-0.2, -0.15) is 0 Å². The molecular formula is C22H34ClN3O3S. The van der Waals surface area contributed by atoms with Crippen LogP contribution in [0.5, 0.6) is 0 Å². The van der Waals surface area contributed by atoms with E-state index in [1.165, 1.54) is 17.1 Å². The molecule has 0 aromatic heterocycles. The fourth-order valence-electron chi connectivity index (χ4n) is 4.24. The molecule has 30 heavy (non-hydrogen) atoms. The van der Waals surface area contributed by atoms with Crippen molar-refractivity contribution in [3.8, 4) is 0 Å². The predicted molar refractivity (Wildman–Crippen MR) is 121 cm³/mol. The van der Waals surface area contributed by atoms with Crippen molar-refractivity contribution in [3.05, 3.63) is 34.9 Å². The Morgan fingerprint density at radius 1 is 1.10 bits per heavy atom. The van der Waals surface area contributed by atoms with Crippen LogP contribution in [0.2, 0.25) is 5.02 Å². The summed E-state index contributed by atoms with van der Waals surface area (Å²) in [7, 11) is -3.43. The summed E-state index contributed by atoms with van der Waals surface area (Å²) in [4.78, 5) is 15.0. The second kappa shape index (κ2) is 10.9. The lowest BCUT2D eigenvalue weighted by Gasteiger charge is -2.31. The minimum atomic E-state index is -3.43. The Hall–Kier alpha value is -1.15. The van der Waals surface area contributed by atoms with Crippen molar-refractivity contribution in [2.24, 2.45) is 11.8 Å². The molecule has 1 amide bonds. The van der Waals surface area contributed by atoms with Gasteiger partial charge in [0.05, 0.1) is 5.75 Å². The Balaban J connectivity index is 1.37. The summed E-state index contributed by atoms with van der Waals surface area (Å²) < 4.78 is 27.0. The smallest absolute Gasteiger partial charge is 0.223 e. The molecule has 2 heterocycles. The number of amides is 1. The Kier molecular flexibility index (Phi) is 8.57. The van der Waals surface area contributed by atoms with E-state index in [4.69, 9.17) is 11.6 Å². The molecule has 168 valence electrons. The number of piperidine rings is 2. The highest BCUT2D eigenvalue weighted by atomic mass is 35.5. The molecule has 0 radical (unpaired) electrons. The molecule has 0 spiro atoms. The molecule has 0 aliphatic carbocycles. The van der Waals surface area contributed by atoms with Crippen LogP contribution in [0.15, 0.2) is 24.3 Å². The minimum absolute atomic E-state index is 0.0606. The van der Waals surface area contributed by atoms with Crippen LogP contribution >= 0.6 is 11.6 Å². The lowest BCUT2D eigenvalue weighted by atomic mass is 9.97. The highest BCUT2D eigenvalue weighted by molar-refractivity contribution is 7.88. The van der Waals surface area contributed by atoms with Crippen LogP contribution in [0.4, 0.5) is 0 Å². The molecule has 8 heteroatoms. The maximum Gasteiger partial charge on any atom is 0.223 e. The zero-order valence-electron chi connectivity index (χ0n) is 17.9. The summed E-state index contributed by atoms with van der Waals surface area (Å²) in [6.45, 7) is 7.13. The number of nitrogens with one attached hydrogen (secondary N) is 1. The number of halogens is 1. The number of sulfonamides is 1. The van der Waals surface area contributed by atoms with E-state index in [0.29, 0.717) is 43.1 Å². The van der Waals surface area contributed by atoms with E-state index in [-0.39, 0.29) is 17.6 Å². The van der Waals surface area contributed by atoms with Crippen molar-refractivity contribution in [3.63, 3.8) is 0 Å². The van der Waals surface area contributed by atoms with E-state index in [1.54, 1.807) is 24.3 Å². The van der Waals surface area contributed by atoms with Crippen molar-refractivity contribution in [2.45, 2.75) is 44.8 Å². The van der Waals surface area contributed by atoms with Crippen LogP contribution in [0.25, 0.3) is 0 Å². The Morgan fingerprint density at radius 3 is 2.43 bits per heavy atom. The van der Waals surface area contributed by atoms with Gasteiger partial charge in [0.2, 0.25) is 15.9 Å². The zero-order chi connectivity index (χ0) is 21.6. The topological polar surface area (TPSA) is 69.7 Å². The van der Waals surface area contributed by atoms with Crippen LogP contribution in [0, 0.1) is 11.8 Å². The third kappa shape index (κ3) is 6.67. The van der Waals surface area contributed by atoms with E-state index < -0.39 is 10.0 Å². The highest BCUT2D eigenvalue weighted by Crippen LogP contribution is 2.24. The molecule has 2 fully saturated rings. The van der Waals surface area contributed by atoms with Gasteiger partial charge in [0.25, 0.3) is 0 Å². The summed E-state index contributed by atoms with van der Waals surface area (Å²) >= 11 is 6.11. The third-order valence-corrected chi connectivity index (χ3v) is 8.54. The fraction of sp³-hybridized carbons (Fsp3) is 0.682. The summed E-state index contributed by atoms with van der Waals surface area (Å²) in [5, 5.41) is 3.52. The van der Waals surface area contributed by atoms with Crippen molar-refractivity contribution < 1.29 is 13.2 Å². The summed E-state index contributed by atoms with van der Waals surface area (Å²) in [6, 6.07) is 7.02. The van der Waals surface area contributed by atoms with E-state index in [1.807, 2.05) is 0 Å². The monoisotopic (exact) mass is 455 g/mol. The number of likely N-dealkylation sites (tertiary alicyclic amines) is 1. The van der Waals surface area contributed by atoms with E-state index in [2.05, 4.69) is 17.1 Å². The van der Waals surface area contributed by atoms with Crippen LogP contribution < -0.4 is 5.32 Å². The molecule has 2 aliphatic heterocycles. The van der Waals surface area contributed by atoms with Crippen molar-refractivity contribution in [1.82, 2.24) is 14.5 Å². The average molecular weight is 456 g/mol. The van der Waals surface area contributed by atoms with Crippen molar-refractivity contribution >= 4 is 27.5 Å². The molecule has 1 aromatic rings. The van der Waals surface area contributed by atoms with Crippen LogP contribution in [0.1, 0.15) is 44.6 Å². The van der Waals surface area contributed by atoms with Crippen LogP contribution in [-0.4, -0.2) is 62.8 Å². The fourth-order valence-corrected chi connectivity index (χ4v) is 6.12. The van der Waals surface area contributed by atoms with E-state index in [9.17, 15) is 13.2 Å². The van der Waals surface area contributed by atoms with Gasteiger partial charge in [0.15, 0.2) is 0 Å². The van der Waals surface area contributed by atoms with Crippen molar-refractivity contribution in [2.75, 3.05) is 39.3 Å². The number of carbonyl (C=O) groups is 1. The van der Waals surface area contributed by atoms with Gasteiger partial charge in [-0.25, -0.2) is 12.7 Å². The van der Waals surface area contributed by atoms with Gasteiger partial charge in [-0.15, -0.1) is 0 Å². The van der Waals surface area contributed by atoms with Gasteiger partial charge in [0.1, 0.15) is 0 Å². The number of nitrogens with zero attached hydrogens (tertiary/aromatic N) is 2. The van der Waals surface area contributed by atoms with Gasteiger partial charge < -0.3 is 10.2 Å². The highest BCUT2D eigenvalue weighted by Gasteiger charge is 2.31. The first-order valence-electron chi connectivity index (χ1n) is 11.1. The first-order chi connectivity index (χ1) is 14.3. The van der Waals surface area contributed by atoms with Gasteiger partial charge in [-0.05, 0) is 69.3 Å². The van der Waals surface area contributed by atoms with Crippen molar-refractivity contribution in [1.29, 1.82) is 0 Å². The van der Waals surface area contributed by atoms with Crippen LogP contribution in [0.3, 0.4) is 0 Å². The average Bonchev–Trinajstić information content (AvgIpc) is 2.74. The molecule has 0 saturated carbocycles. The van der Waals surface area contributed by atoms with Crippen LogP contribution in [-0.2, 0) is 20.6 Å². The number of hydrogen-bond acceptors (Lipinski definition) is 4. The minimum Gasteiger partial charge on any atom is -0.356 e.